The van der Waals surface area contributed by atoms with E-state index in [9.17, 15) is 9.59 Å². The second-order valence-corrected chi connectivity index (χ2v) is 5.31. The molecule has 5 nitrogen and oxygen atoms in total. The van der Waals surface area contributed by atoms with E-state index < -0.39 is 11.9 Å². The van der Waals surface area contributed by atoms with Gasteiger partial charge in [0.1, 0.15) is 19.0 Å². The smallest absolute Gasteiger partial charge is 0.338 e. The topological polar surface area (TPSA) is 65.7 Å². The predicted octanol–water partition coefficient (Wildman–Crippen LogP) is 3.99. The van der Waals surface area contributed by atoms with Gasteiger partial charge in [-0.3, -0.25) is 0 Å². The summed E-state index contributed by atoms with van der Waals surface area (Å²) in [4.78, 5) is 23.7. The van der Waals surface area contributed by atoms with E-state index in [1.807, 2.05) is 12.1 Å². The van der Waals surface area contributed by atoms with Crippen molar-refractivity contribution in [2.24, 2.45) is 0 Å². The Hall–Kier alpha value is -3.34. The molecule has 3 rings (SSSR count). The Bertz CT molecular complexity index is 767. The van der Waals surface area contributed by atoms with Crippen LogP contribution in [0.1, 0.15) is 32.0 Å². The summed E-state index contributed by atoms with van der Waals surface area (Å²) in [5.41, 5.74) is 1.66. The van der Waals surface area contributed by atoms with Crippen LogP contribution in [-0.4, -0.2) is 11.9 Å². The molecule has 126 valence electrons. The van der Waals surface area contributed by atoms with Crippen LogP contribution in [0.25, 0.3) is 0 Å². The Morgan fingerprint density at radius 1 is 0.760 bits per heavy atom. The fourth-order valence-electron chi connectivity index (χ4n) is 2.18. The summed E-state index contributed by atoms with van der Waals surface area (Å²) in [6.07, 6.45) is 1.48. The van der Waals surface area contributed by atoms with E-state index in [0.29, 0.717) is 22.5 Å². The maximum Gasteiger partial charge on any atom is 0.338 e. The molecule has 0 aliphatic carbocycles. The fraction of sp³-hybridized carbons (Fsp3) is 0.100. The highest BCUT2D eigenvalue weighted by Crippen LogP contribution is 2.13. The first-order valence-corrected chi connectivity index (χ1v) is 7.73. The van der Waals surface area contributed by atoms with Gasteiger partial charge in [-0.1, -0.05) is 36.4 Å². The van der Waals surface area contributed by atoms with Gasteiger partial charge in [0.05, 0.1) is 17.4 Å². The van der Waals surface area contributed by atoms with Crippen molar-refractivity contribution < 1.29 is 23.5 Å². The van der Waals surface area contributed by atoms with Crippen molar-refractivity contribution in [1.82, 2.24) is 0 Å². The summed E-state index contributed by atoms with van der Waals surface area (Å²) in [6.45, 7) is 0.101. The van der Waals surface area contributed by atoms with E-state index in [1.54, 1.807) is 54.6 Å². The van der Waals surface area contributed by atoms with Crippen LogP contribution in [-0.2, 0) is 22.7 Å². The number of hydrogen-bond acceptors (Lipinski definition) is 5. The molecule has 25 heavy (non-hydrogen) atoms. The van der Waals surface area contributed by atoms with Crippen molar-refractivity contribution in [3.63, 3.8) is 0 Å². The summed E-state index contributed by atoms with van der Waals surface area (Å²) in [7, 11) is 0. The Morgan fingerprint density at radius 3 is 1.84 bits per heavy atom. The van der Waals surface area contributed by atoms with Crippen LogP contribution < -0.4 is 0 Å². The molecule has 0 aliphatic heterocycles. The maximum absolute atomic E-state index is 11.9. The van der Waals surface area contributed by atoms with E-state index in [1.165, 1.54) is 6.26 Å². The highest BCUT2D eigenvalue weighted by Gasteiger charge is 2.11. The Balaban J connectivity index is 1.49. The summed E-state index contributed by atoms with van der Waals surface area (Å²) < 4.78 is 15.7. The molecule has 1 aromatic heterocycles. The number of rotatable bonds is 6. The van der Waals surface area contributed by atoms with E-state index >= 15 is 0 Å². The molecule has 0 N–H and O–H groups in total. The number of carbonyl (C=O) groups excluding carboxylic acids is 2. The van der Waals surface area contributed by atoms with Gasteiger partial charge >= 0.3 is 11.9 Å². The summed E-state index contributed by atoms with van der Waals surface area (Å²) in [5, 5.41) is 0. The van der Waals surface area contributed by atoms with Crippen LogP contribution in [0.3, 0.4) is 0 Å². The molecule has 0 saturated carbocycles. The van der Waals surface area contributed by atoms with Crippen molar-refractivity contribution in [1.29, 1.82) is 0 Å². The van der Waals surface area contributed by atoms with Crippen LogP contribution in [0.5, 0.6) is 0 Å². The summed E-state index contributed by atoms with van der Waals surface area (Å²) >= 11 is 0. The third kappa shape index (κ3) is 4.57. The molecular weight excluding hydrogens is 320 g/mol. The molecule has 0 bridgehead atoms. The van der Waals surface area contributed by atoms with Gasteiger partial charge in [-0.05, 0) is 30.3 Å². The van der Waals surface area contributed by atoms with Crippen LogP contribution in [0.4, 0.5) is 0 Å². The lowest BCUT2D eigenvalue weighted by Gasteiger charge is -2.02. The van der Waals surface area contributed by atoms with E-state index in [0.717, 1.165) is 0 Å². The molecule has 0 spiro atoms. The van der Waals surface area contributed by atoms with Crippen LogP contribution >= 0.6 is 0 Å². The first-order chi connectivity index (χ1) is 12.2. The molecule has 2 aromatic carbocycles. The lowest BCUT2D eigenvalue weighted by Crippen LogP contribution is -2.05. The standard InChI is InChI=1S/C20H16O5/c21-19(16-7-3-1-4-8-16)24-13-15-11-18(23-12-15)14-25-20(22)17-9-5-2-6-10-17/h1-12H,13-14H2. The first-order valence-electron chi connectivity index (χ1n) is 7.73. The Morgan fingerprint density at radius 2 is 1.28 bits per heavy atom. The maximum atomic E-state index is 11.9. The highest BCUT2D eigenvalue weighted by molar-refractivity contribution is 5.89. The predicted molar refractivity (Wildman–Crippen MR) is 89.8 cm³/mol. The molecule has 0 saturated heterocycles. The number of hydrogen-bond donors (Lipinski definition) is 0. The molecule has 0 aliphatic rings. The van der Waals surface area contributed by atoms with Gasteiger partial charge in [-0.2, -0.15) is 0 Å². The van der Waals surface area contributed by atoms with Crippen LogP contribution in [0, 0.1) is 0 Å². The number of furan rings is 1. The molecular formula is C20H16O5. The number of benzene rings is 2. The average molecular weight is 336 g/mol. The molecule has 0 radical (unpaired) electrons. The van der Waals surface area contributed by atoms with Gasteiger partial charge in [0.2, 0.25) is 0 Å². The van der Waals surface area contributed by atoms with Crippen molar-refractivity contribution in [3.8, 4) is 0 Å². The second-order valence-electron chi connectivity index (χ2n) is 5.31. The quantitative estimate of drug-likeness (QED) is 0.637. The Kier molecular flexibility index (Phi) is 5.26. The molecule has 0 unspecified atom stereocenters. The Labute approximate surface area is 144 Å². The highest BCUT2D eigenvalue weighted by atomic mass is 16.5. The number of ether oxygens (including phenoxy) is 2. The van der Waals surface area contributed by atoms with Crippen molar-refractivity contribution in [2.75, 3.05) is 0 Å². The third-order valence-corrected chi connectivity index (χ3v) is 3.44. The largest absolute Gasteiger partial charge is 0.465 e. The van der Waals surface area contributed by atoms with Crippen LogP contribution in [0.15, 0.2) is 77.4 Å². The van der Waals surface area contributed by atoms with Gasteiger partial charge < -0.3 is 13.9 Å². The molecule has 0 atom stereocenters. The van der Waals surface area contributed by atoms with Gasteiger partial charge in [0.15, 0.2) is 0 Å². The minimum atomic E-state index is -0.422. The van der Waals surface area contributed by atoms with Crippen molar-refractivity contribution in [2.45, 2.75) is 13.2 Å². The first kappa shape index (κ1) is 16.5. The monoisotopic (exact) mass is 336 g/mol. The second kappa shape index (κ2) is 7.97. The van der Waals surface area contributed by atoms with Crippen LogP contribution in [0.2, 0.25) is 0 Å². The normalized spacial score (nSPS) is 10.2. The molecule has 0 fully saturated rings. The fourth-order valence-corrected chi connectivity index (χ4v) is 2.18. The summed E-state index contributed by atoms with van der Waals surface area (Å²) in [5.74, 6) is -0.344. The molecule has 3 aromatic rings. The zero-order chi connectivity index (χ0) is 17.5. The number of carbonyl (C=O) groups is 2. The van der Waals surface area contributed by atoms with Crippen molar-refractivity contribution in [3.05, 3.63) is 95.4 Å². The SMILES string of the molecule is O=C(OCc1coc(COC(=O)c2ccccc2)c1)c1ccccc1. The van der Waals surface area contributed by atoms with E-state index in [4.69, 9.17) is 13.9 Å². The molecule has 1 heterocycles. The summed E-state index contributed by atoms with van der Waals surface area (Å²) in [6, 6.07) is 19.2. The molecule has 0 amide bonds. The van der Waals surface area contributed by atoms with Crippen molar-refractivity contribution >= 4 is 11.9 Å². The zero-order valence-corrected chi connectivity index (χ0v) is 13.4. The van der Waals surface area contributed by atoms with Gasteiger partial charge in [0.25, 0.3) is 0 Å². The molecule has 5 heteroatoms. The lowest BCUT2D eigenvalue weighted by molar-refractivity contribution is 0.0443. The van der Waals surface area contributed by atoms with E-state index in [2.05, 4.69) is 0 Å². The van der Waals surface area contributed by atoms with Gasteiger partial charge in [-0.25, -0.2) is 9.59 Å². The van der Waals surface area contributed by atoms with Gasteiger partial charge in [-0.15, -0.1) is 0 Å². The lowest BCUT2D eigenvalue weighted by atomic mass is 10.2. The minimum Gasteiger partial charge on any atom is -0.465 e. The number of esters is 2. The zero-order valence-electron chi connectivity index (χ0n) is 13.4. The van der Waals surface area contributed by atoms with Gasteiger partial charge in [0, 0.05) is 5.56 Å². The van der Waals surface area contributed by atoms with E-state index in [-0.39, 0.29) is 13.2 Å². The average Bonchev–Trinajstić information content (AvgIpc) is 3.13. The third-order valence-electron chi connectivity index (χ3n) is 3.44. The minimum absolute atomic E-state index is 0.0142.